The van der Waals surface area contributed by atoms with Crippen molar-refractivity contribution in [1.29, 1.82) is 0 Å². The first-order valence-corrected chi connectivity index (χ1v) is 6.27. The van der Waals surface area contributed by atoms with Crippen molar-refractivity contribution in [1.82, 2.24) is 14.8 Å². The first-order valence-electron chi connectivity index (χ1n) is 3.42. The number of anilines is 1. The SMILES string of the molecule is CS(=O)(=O)CCn1nc(N)nc1Br. The Morgan fingerprint density at radius 2 is 2.23 bits per heavy atom. The maximum absolute atomic E-state index is 10.8. The molecular formula is C5H9BrN4O2S. The second-order valence-corrected chi connectivity index (χ2v) is 5.56. The summed E-state index contributed by atoms with van der Waals surface area (Å²) in [5, 5.41) is 3.79. The van der Waals surface area contributed by atoms with Gasteiger partial charge in [-0.1, -0.05) is 0 Å². The number of halogens is 1. The number of hydrogen-bond acceptors (Lipinski definition) is 5. The summed E-state index contributed by atoms with van der Waals surface area (Å²) in [6.45, 7) is 0.254. The first-order chi connectivity index (χ1) is 5.88. The lowest BCUT2D eigenvalue weighted by atomic mass is 10.8. The lowest BCUT2D eigenvalue weighted by Gasteiger charge is -1.99. The fourth-order valence-corrected chi connectivity index (χ4v) is 1.68. The molecule has 0 aromatic carbocycles. The van der Waals surface area contributed by atoms with E-state index in [0.717, 1.165) is 0 Å². The molecule has 1 aromatic heterocycles. The van der Waals surface area contributed by atoms with Crippen LogP contribution in [0.4, 0.5) is 5.95 Å². The van der Waals surface area contributed by atoms with Crippen LogP contribution < -0.4 is 5.73 Å². The summed E-state index contributed by atoms with van der Waals surface area (Å²) in [5.41, 5.74) is 5.30. The van der Waals surface area contributed by atoms with Crippen molar-refractivity contribution in [2.24, 2.45) is 0 Å². The molecule has 0 atom stereocenters. The Morgan fingerprint density at radius 1 is 1.62 bits per heavy atom. The van der Waals surface area contributed by atoms with Crippen LogP contribution >= 0.6 is 15.9 Å². The van der Waals surface area contributed by atoms with Crippen LogP contribution in [0, 0.1) is 0 Å². The topological polar surface area (TPSA) is 90.9 Å². The summed E-state index contributed by atoms with van der Waals surface area (Å²) >= 11 is 3.10. The van der Waals surface area contributed by atoms with Crippen LogP contribution in [-0.4, -0.2) is 35.2 Å². The third kappa shape index (κ3) is 3.31. The van der Waals surface area contributed by atoms with Crippen LogP contribution in [0.5, 0.6) is 0 Å². The van der Waals surface area contributed by atoms with Gasteiger partial charge in [-0.2, -0.15) is 4.98 Å². The number of nitrogens with zero attached hydrogens (tertiary/aromatic N) is 3. The number of nitrogen functional groups attached to an aromatic ring is 1. The van der Waals surface area contributed by atoms with E-state index in [1.165, 1.54) is 10.9 Å². The smallest absolute Gasteiger partial charge is 0.240 e. The number of hydrogen-bond donors (Lipinski definition) is 1. The molecule has 0 bridgehead atoms. The Balaban J connectivity index is 2.70. The van der Waals surface area contributed by atoms with Gasteiger partial charge in [0.1, 0.15) is 9.84 Å². The zero-order chi connectivity index (χ0) is 10.1. The van der Waals surface area contributed by atoms with E-state index in [2.05, 4.69) is 26.0 Å². The minimum absolute atomic E-state index is 0.0222. The van der Waals surface area contributed by atoms with Crippen LogP contribution in [0.2, 0.25) is 0 Å². The van der Waals surface area contributed by atoms with Crippen molar-refractivity contribution in [2.45, 2.75) is 6.54 Å². The number of nitrogens with two attached hydrogens (primary N) is 1. The van der Waals surface area contributed by atoms with Gasteiger partial charge in [0.05, 0.1) is 12.3 Å². The highest BCUT2D eigenvalue weighted by Crippen LogP contribution is 2.07. The molecule has 0 radical (unpaired) electrons. The quantitative estimate of drug-likeness (QED) is 0.811. The molecular weight excluding hydrogens is 260 g/mol. The number of rotatable bonds is 3. The molecule has 0 saturated heterocycles. The fourth-order valence-electron chi connectivity index (χ4n) is 0.734. The first kappa shape index (κ1) is 10.5. The molecule has 2 N–H and O–H groups in total. The van der Waals surface area contributed by atoms with Crippen molar-refractivity contribution in [3.63, 3.8) is 0 Å². The van der Waals surface area contributed by atoms with Gasteiger partial charge < -0.3 is 5.73 Å². The normalized spacial score (nSPS) is 11.8. The molecule has 0 amide bonds. The number of aromatic nitrogens is 3. The summed E-state index contributed by atoms with van der Waals surface area (Å²) < 4.78 is 23.5. The molecule has 6 nitrogen and oxygen atoms in total. The minimum atomic E-state index is -2.98. The summed E-state index contributed by atoms with van der Waals surface area (Å²) in [6, 6.07) is 0. The van der Waals surface area contributed by atoms with E-state index in [4.69, 9.17) is 5.73 Å². The molecule has 0 unspecified atom stereocenters. The predicted octanol–water partition coefficient (Wildman–Crippen LogP) is -0.333. The Kier molecular flexibility index (Phi) is 2.91. The van der Waals surface area contributed by atoms with E-state index < -0.39 is 9.84 Å². The van der Waals surface area contributed by atoms with Crippen LogP contribution in [-0.2, 0) is 16.4 Å². The summed E-state index contributed by atoms with van der Waals surface area (Å²) in [7, 11) is -2.98. The van der Waals surface area contributed by atoms with Crippen LogP contribution in [0.1, 0.15) is 0 Å². The number of aryl methyl sites for hydroxylation is 1. The van der Waals surface area contributed by atoms with Crippen molar-refractivity contribution in [3.05, 3.63) is 4.73 Å². The van der Waals surface area contributed by atoms with Crippen molar-refractivity contribution >= 4 is 31.7 Å². The average molecular weight is 269 g/mol. The van der Waals surface area contributed by atoms with Gasteiger partial charge in [-0.05, 0) is 15.9 Å². The van der Waals surface area contributed by atoms with Crippen LogP contribution in [0.15, 0.2) is 4.73 Å². The molecule has 0 aliphatic rings. The van der Waals surface area contributed by atoms with Gasteiger partial charge in [-0.15, -0.1) is 5.10 Å². The molecule has 0 saturated carbocycles. The summed E-state index contributed by atoms with van der Waals surface area (Å²) in [5.74, 6) is 0.148. The molecule has 1 heterocycles. The van der Waals surface area contributed by atoms with E-state index in [9.17, 15) is 8.42 Å². The van der Waals surface area contributed by atoms with Crippen molar-refractivity contribution in [3.8, 4) is 0 Å². The number of sulfone groups is 1. The Labute approximate surface area is 84.2 Å². The zero-order valence-corrected chi connectivity index (χ0v) is 9.34. The third-order valence-electron chi connectivity index (χ3n) is 1.32. The monoisotopic (exact) mass is 268 g/mol. The highest BCUT2D eigenvalue weighted by atomic mass is 79.9. The molecule has 1 rings (SSSR count). The molecule has 74 valence electrons. The van der Waals surface area contributed by atoms with E-state index >= 15 is 0 Å². The molecule has 0 aliphatic carbocycles. The molecule has 0 aliphatic heterocycles. The third-order valence-corrected chi connectivity index (χ3v) is 2.83. The Morgan fingerprint density at radius 3 is 2.62 bits per heavy atom. The maximum atomic E-state index is 10.8. The predicted molar refractivity (Wildman–Crippen MR) is 51.8 cm³/mol. The Bertz CT molecular complexity index is 399. The van der Waals surface area contributed by atoms with Crippen LogP contribution in [0.25, 0.3) is 0 Å². The Hall–Kier alpha value is -0.630. The maximum Gasteiger partial charge on any atom is 0.240 e. The van der Waals surface area contributed by atoms with Gasteiger partial charge >= 0.3 is 0 Å². The van der Waals surface area contributed by atoms with Gasteiger partial charge in [0.15, 0.2) is 4.73 Å². The summed E-state index contributed by atoms with van der Waals surface area (Å²) in [6.07, 6.45) is 1.17. The largest absolute Gasteiger partial charge is 0.366 e. The van der Waals surface area contributed by atoms with Crippen LogP contribution in [0.3, 0.4) is 0 Å². The second-order valence-electron chi connectivity index (χ2n) is 2.59. The minimum Gasteiger partial charge on any atom is -0.366 e. The standard InChI is InChI=1S/C5H9BrN4O2S/c1-13(11,12)3-2-10-4(6)8-5(7)9-10/h2-3H2,1H3,(H2,7,9). The van der Waals surface area contributed by atoms with E-state index in [1.807, 2.05) is 0 Å². The molecule has 13 heavy (non-hydrogen) atoms. The lowest BCUT2D eigenvalue weighted by Crippen LogP contribution is -2.12. The fraction of sp³-hybridized carbons (Fsp3) is 0.600. The van der Waals surface area contributed by atoms with Gasteiger partial charge in [0.25, 0.3) is 0 Å². The second kappa shape index (κ2) is 3.62. The molecule has 1 aromatic rings. The zero-order valence-electron chi connectivity index (χ0n) is 6.94. The molecule has 8 heteroatoms. The van der Waals surface area contributed by atoms with Gasteiger partial charge in [0, 0.05) is 6.26 Å². The van der Waals surface area contributed by atoms with E-state index in [-0.39, 0.29) is 18.2 Å². The lowest BCUT2D eigenvalue weighted by molar-refractivity contribution is 0.583. The average Bonchev–Trinajstić information content (AvgIpc) is 2.24. The highest BCUT2D eigenvalue weighted by Gasteiger charge is 2.07. The highest BCUT2D eigenvalue weighted by molar-refractivity contribution is 9.10. The van der Waals surface area contributed by atoms with Crippen molar-refractivity contribution < 1.29 is 8.42 Å². The van der Waals surface area contributed by atoms with Gasteiger partial charge in [-0.3, -0.25) is 0 Å². The summed E-state index contributed by atoms with van der Waals surface area (Å²) in [4.78, 5) is 3.76. The van der Waals surface area contributed by atoms with Gasteiger partial charge in [-0.25, -0.2) is 13.1 Å². The van der Waals surface area contributed by atoms with E-state index in [0.29, 0.717) is 4.73 Å². The van der Waals surface area contributed by atoms with E-state index in [1.54, 1.807) is 0 Å². The molecule has 0 fully saturated rings. The van der Waals surface area contributed by atoms with Crippen molar-refractivity contribution in [2.75, 3.05) is 17.7 Å². The van der Waals surface area contributed by atoms with Gasteiger partial charge in [0.2, 0.25) is 5.95 Å². The molecule has 0 spiro atoms.